The lowest BCUT2D eigenvalue weighted by Gasteiger charge is -2.30. The Balaban J connectivity index is 2.62. The monoisotopic (exact) mass is 389 g/mol. The number of nitrogens with two attached hydrogens (primary N) is 1. The molecule has 0 fully saturated rings. The summed E-state index contributed by atoms with van der Waals surface area (Å²) in [5.41, 5.74) is 9.96. The van der Waals surface area contributed by atoms with E-state index in [2.05, 4.69) is 46.8 Å². The van der Waals surface area contributed by atoms with Crippen LogP contribution in [0.3, 0.4) is 0 Å². The second kappa shape index (κ2) is 14.4. The highest BCUT2D eigenvalue weighted by Crippen LogP contribution is 2.32. The van der Waals surface area contributed by atoms with Crippen molar-refractivity contribution in [2.24, 2.45) is 17.6 Å². The Kier molecular flexibility index (Phi) is 13.1. The topological polar surface area (TPSA) is 26.0 Å². The summed E-state index contributed by atoms with van der Waals surface area (Å²) in [5.74, 6) is 1.77. The van der Waals surface area contributed by atoms with Crippen LogP contribution in [-0.4, -0.2) is 5.54 Å². The molecule has 28 heavy (non-hydrogen) atoms. The fraction of sp³-hybridized carbons (Fsp3) is 0.852. The molecule has 1 heteroatoms. The third-order valence-corrected chi connectivity index (χ3v) is 6.86. The SMILES string of the molecule is CCCCC(CC)C/C=C1/CC/C=C(/CCC(CC)CCCC)CC(C)(N)C1. The summed E-state index contributed by atoms with van der Waals surface area (Å²) < 4.78 is 0. The summed E-state index contributed by atoms with van der Waals surface area (Å²) in [6.07, 6.45) is 24.4. The first-order valence-electron chi connectivity index (χ1n) is 12.6. The second-order valence-corrected chi connectivity index (χ2v) is 9.88. The van der Waals surface area contributed by atoms with E-state index in [1.165, 1.54) is 83.5 Å². The molecule has 2 N–H and O–H groups in total. The first-order chi connectivity index (χ1) is 13.4. The molecule has 0 aromatic heterocycles. The van der Waals surface area contributed by atoms with Crippen LogP contribution in [-0.2, 0) is 0 Å². The molecule has 0 saturated heterocycles. The lowest BCUT2D eigenvalue weighted by atomic mass is 9.80. The molecule has 164 valence electrons. The number of rotatable bonds is 13. The fourth-order valence-electron chi connectivity index (χ4n) is 4.84. The van der Waals surface area contributed by atoms with Crippen LogP contribution in [0.15, 0.2) is 23.3 Å². The summed E-state index contributed by atoms with van der Waals surface area (Å²) in [4.78, 5) is 0. The van der Waals surface area contributed by atoms with E-state index in [1.807, 2.05) is 0 Å². The number of hydrogen-bond acceptors (Lipinski definition) is 1. The molecule has 0 aliphatic heterocycles. The average molecular weight is 390 g/mol. The summed E-state index contributed by atoms with van der Waals surface area (Å²) in [7, 11) is 0. The van der Waals surface area contributed by atoms with Gasteiger partial charge in [0.25, 0.3) is 0 Å². The van der Waals surface area contributed by atoms with Crippen LogP contribution in [0.5, 0.6) is 0 Å². The van der Waals surface area contributed by atoms with Crippen molar-refractivity contribution in [3.8, 4) is 0 Å². The summed E-state index contributed by atoms with van der Waals surface area (Å²) in [6, 6.07) is 0. The van der Waals surface area contributed by atoms with Crippen molar-refractivity contribution in [1.29, 1.82) is 0 Å². The minimum Gasteiger partial charge on any atom is -0.325 e. The zero-order valence-corrected chi connectivity index (χ0v) is 20.0. The van der Waals surface area contributed by atoms with Crippen LogP contribution in [0.2, 0.25) is 0 Å². The van der Waals surface area contributed by atoms with Crippen molar-refractivity contribution < 1.29 is 0 Å². The Morgan fingerprint density at radius 1 is 0.964 bits per heavy atom. The van der Waals surface area contributed by atoms with E-state index < -0.39 is 0 Å². The maximum absolute atomic E-state index is 6.78. The van der Waals surface area contributed by atoms with E-state index in [1.54, 1.807) is 11.1 Å². The normalized spacial score (nSPS) is 26.4. The molecule has 0 heterocycles. The molecule has 1 rings (SSSR count). The first kappa shape index (κ1) is 25.5. The molecule has 1 nitrogen and oxygen atoms in total. The highest BCUT2D eigenvalue weighted by Gasteiger charge is 2.24. The molecule has 0 saturated carbocycles. The smallest absolute Gasteiger partial charge is 0.0200 e. The molecule has 3 unspecified atom stereocenters. The minimum atomic E-state index is -0.0751. The molecule has 0 amide bonds. The van der Waals surface area contributed by atoms with Gasteiger partial charge in [-0.15, -0.1) is 0 Å². The standard InChI is InChI=1S/C27H51N/c1-6-10-13-23(8-3)17-19-25-15-12-16-26(22-27(5,28)21-25)20-18-24(9-4)14-11-7-2/h15,20,23-24H,6-14,16-19,21-22,28H2,1-5H3/b25-15-,26-20-. The van der Waals surface area contributed by atoms with Gasteiger partial charge in [-0.25, -0.2) is 0 Å². The molecular weight excluding hydrogens is 338 g/mol. The summed E-state index contributed by atoms with van der Waals surface area (Å²) in [5, 5.41) is 0. The zero-order chi connectivity index (χ0) is 20.8. The van der Waals surface area contributed by atoms with E-state index in [-0.39, 0.29) is 5.54 Å². The molecule has 0 radical (unpaired) electrons. The van der Waals surface area contributed by atoms with Gasteiger partial charge in [-0.3, -0.25) is 0 Å². The third-order valence-electron chi connectivity index (χ3n) is 6.86. The highest BCUT2D eigenvalue weighted by molar-refractivity contribution is 5.17. The van der Waals surface area contributed by atoms with Gasteiger partial charge in [-0.2, -0.15) is 0 Å². The Morgan fingerprint density at radius 3 is 2.21 bits per heavy atom. The maximum Gasteiger partial charge on any atom is 0.0200 e. The van der Waals surface area contributed by atoms with E-state index in [9.17, 15) is 0 Å². The van der Waals surface area contributed by atoms with Gasteiger partial charge < -0.3 is 5.73 Å². The number of hydrogen-bond donors (Lipinski definition) is 1. The van der Waals surface area contributed by atoms with Crippen molar-refractivity contribution in [3.63, 3.8) is 0 Å². The van der Waals surface area contributed by atoms with Crippen LogP contribution in [0.4, 0.5) is 0 Å². The van der Waals surface area contributed by atoms with Gasteiger partial charge in [0.15, 0.2) is 0 Å². The lowest BCUT2D eigenvalue weighted by Crippen LogP contribution is -2.37. The predicted molar refractivity (Wildman–Crippen MR) is 128 cm³/mol. The quantitative estimate of drug-likeness (QED) is 0.313. The Bertz CT molecular complexity index is 457. The van der Waals surface area contributed by atoms with E-state index in [0.717, 1.165) is 24.7 Å². The number of unbranched alkanes of at least 4 members (excludes halogenated alkanes) is 2. The van der Waals surface area contributed by atoms with Gasteiger partial charge in [0.2, 0.25) is 0 Å². The van der Waals surface area contributed by atoms with E-state index in [4.69, 9.17) is 5.73 Å². The van der Waals surface area contributed by atoms with Crippen LogP contribution in [0.1, 0.15) is 131 Å². The molecule has 1 aliphatic rings. The van der Waals surface area contributed by atoms with Crippen molar-refractivity contribution in [1.82, 2.24) is 0 Å². The molecule has 0 aromatic carbocycles. The molecule has 0 bridgehead atoms. The number of allylic oxidation sites excluding steroid dienone is 2. The zero-order valence-electron chi connectivity index (χ0n) is 20.0. The van der Waals surface area contributed by atoms with E-state index in [0.29, 0.717) is 0 Å². The van der Waals surface area contributed by atoms with Crippen LogP contribution in [0, 0.1) is 11.8 Å². The molecule has 0 aromatic rings. The minimum absolute atomic E-state index is 0.0751. The predicted octanol–water partition coefficient (Wildman–Crippen LogP) is 8.73. The lowest BCUT2D eigenvalue weighted by molar-refractivity contribution is 0.400. The Morgan fingerprint density at radius 2 is 1.61 bits per heavy atom. The van der Waals surface area contributed by atoms with Crippen molar-refractivity contribution in [2.75, 3.05) is 0 Å². The van der Waals surface area contributed by atoms with Crippen molar-refractivity contribution >= 4 is 0 Å². The maximum atomic E-state index is 6.78. The molecule has 3 atom stereocenters. The molecular formula is C27H51N. The van der Waals surface area contributed by atoms with Crippen molar-refractivity contribution in [2.45, 2.75) is 136 Å². The van der Waals surface area contributed by atoms with Crippen molar-refractivity contribution in [3.05, 3.63) is 23.3 Å². The van der Waals surface area contributed by atoms with E-state index >= 15 is 0 Å². The average Bonchev–Trinajstić information content (AvgIpc) is 2.66. The third kappa shape index (κ3) is 10.8. The van der Waals surface area contributed by atoms with Gasteiger partial charge in [0.05, 0.1) is 0 Å². The van der Waals surface area contributed by atoms with Gasteiger partial charge >= 0.3 is 0 Å². The summed E-state index contributed by atoms with van der Waals surface area (Å²) in [6.45, 7) is 11.6. The fourth-order valence-corrected chi connectivity index (χ4v) is 4.84. The Hall–Kier alpha value is -0.560. The van der Waals surface area contributed by atoms with Crippen LogP contribution >= 0.6 is 0 Å². The molecule has 1 aliphatic carbocycles. The Labute approximate surface area is 177 Å². The van der Waals surface area contributed by atoms with Gasteiger partial charge in [0.1, 0.15) is 0 Å². The second-order valence-electron chi connectivity index (χ2n) is 9.88. The van der Waals surface area contributed by atoms with Crippen LogP contribution < -0.4 is 5.73 Å². The largest absolute Gasteiger partial charge is 0.325 e. The highest BCUT2D eigenvalue weighted by atomic mass is 14.7. The van der Waals surface area contributed by atoms with Gasteiger partial charge in [0, 0.05) is 5.54 Å². The van der Waals surface area contributed by atoms with Gasteiger partial charge in [-0.05, 0) is 63.7 Å². The van der Waals surface area contributed by atoms with Gasteiger partial charge in [-0.1, -0.05) is 102 Å². The first-order valence-corrected chi connectivity index (χ1v) is 12.6. The molecule has 0 spiro atoms. The summed E-state index contributed by atoms with van der Waals surface area (Å²) >= 11 is 0. The van der Waals surface area contributed by atoms with Crippen LogP contribution in [0.25, 0.3) is 0 Å².